The Balaban J connectivity index is 0.00000242. The minimum Gasteiger partial charge on any atom is -0.494 e. The van der Waals surface area contributed by atoms with Crippen molar-refractivity contribution in [2.75, 3.05) is 39.4 Å². The Hall–Kier alpha value is -0.810. The number of piperazine rings is 1. The molecule has 0 amide bonds. The Morgan fingerprint density at radius 2 is 1.91 bits per heavy atom. The fraction of sp³-hybridized carbons (Fsp3) is 0.647. The van der Waals surface area contributed by atoms with Gasteiger partial charge in [-0.15, -0.1) is 12.4 Å². The number of halogens is 1. The van der Waals surface area contributed by atoms with Gasteiger partial charge in [-0.1, -0.05) is 32.0 Å². The van der Waals surface area contributed by atoms with Gasteiger partial charge in [-0.05, 0) is 13.0 Å². The van der Waals surface area contributed by atoms with Crippen molar-refractivity contribution in [2.45, 2.75) is 26.8 Å². The standard InChI is InChI=1S/C17H28N2O2.ClH/c1-4-21-15-8-6-5-7-14(15)16(17(2,3)13-20)19-11-9-18-10-12-19;/h5-8,16,18,20H,4,9-13H2,1-3H3;1H/t16-;/m1./s1. The van der Waals surface area contributed by atoms with Gasteiger partial charge < -0.3 is 15.2 Å². The lowest BCUT2D eigenvalue weighted by molar-refractivity contribution is 0.0290. The molecule has 1 aromatic rings. The molecule has 0 saturated carbocycles. The van der Waals surface area contributed by atoms with Crippen LogP contribution in [0, 0.1) is 5.41 Å². The van der Waals surface area contributed by atoms with E-state index in [1.807, 2.05) is 19.1 Å². The number of ether oxygens (including phenoxy) is 1. The third kappa shape index (κ3) is 4.35. The second kappa shape index (κ2) is 8.73. The first-order chi connectivity index (χ1) is 10.1. The Bertz CT molecular complexity index is 448. The normalized spacial score (nSPS) is 17.6. The van der Waals surface area contributed by atoms with Crippen LogP contribution in [0.3, 0.4) is 0 Å². The average molecular weight is 329 g/mol. The highest BCUT2D eigenvalue weighted by molar-refractivity contribution is 5.85. The number of hydrogen-bond acceptors (Lipinski definition) is 4. The van der Waals surface area contributed by atoms with E-state index in [0.29, 0.717) is 6.61 Å². The van der Waals surface area contributed by atoms with Crippen LogP contribution < -0.4 is 10.1 Å². The Morgan fingerprint density at radius 3 is 2.50 bits per heavy atom. The van der Waals surface area contributed by atoms with Gasteiger partial charge >= 0.3 is 0 Å². The largest absolute Gasteiger partial charge is 0.494 e. The first-order valence-corrected chi connectivity index (χ1v) is 7.87. The molecule has 0 spiro atoms. The van der Waals surface area contributed by atoms with E-state index < -0.39 is 0 Å². The lowest BCUT2D eigenvalue weighted by Crippen LogP contribution is -2.49. The molecule has 0 unspecified atom stereocenters. The Morgan fingerprint density at radius 1 is 1.27 bits per heavy atom. The van der Waals surface area contributed by atoms with Crippen LogP contribution in [-0.2, 0) is 0 Å². The van der Waals surface area contributed by atoms with Gasteiger partial charge in [0.25, 0.3) is 0 Å². The SMILES string of the molecule is CCOc1ccccc1[C@@H](N1CCNCC1)C(C)(C)CO.Cl. The van der Waals surface area contributed by atoms with Gasteiger partial charge in [-0.25, -0.2) is 0 Å². The summed E-state index contributed by atoms with van der Waals surface area (Å²) in [6, 6.07) is 8.39. The van der Waals surface area contributed by atoms with Crippen molar-refractivity contribution in [1.82, 2.24) is 10.2 Å². The summed E-state index contributed by atoms with van der Waals surface area (Å²) in [4.78, 5) is 2.46. The van der Waals surface area contributed by atoms with E-state index in [1.54, 1.807) is 0 Å². The topological polar surface area (TPSA) is 44.7 Å². The van der Waals surface area contributed by atoms with Crippen molar-refractivity contribution in [2.24, 2.45) is 5.41 Å². The second-order valence-corrected chi connectivity index (χ2v) is 6.31. The summed E-state index contributed by atoms with van der Waals surface area (Å²) in [5, 5.41) is 13.3. The van der Waals surface area contributed by atoms with E-state index in [9.17, 15) is 5.11 Å². The Labute approximate surface area is 140 Å². The van der Waals surface area contributed by atoms with Gasteiger partial charge in [0.1, 0.15) is 5.75 Å². The van der Waals surface area contributed by atoms with Gasteiger partial charge in [0.05, 0.1) is 6.61 Å². The molecule has 2 rings (SSSR count). The van der Waals surface area contributed by atoms with Gasteiger partial charge in [0, 0.05) is 49.8 Å². The lowest BCUT2D eigenvalue weighted by atomic mass is 9.79. The summed E-state index contributed by atoms with van der Waals surface area (Å²) in [6.45, 7) is 11.1. The molecule has 1 aromatic carbocycles. The maximum absolute atomic E-state index is 9.89. The molecule has 22 heavy (non-hydrogen) atoms. The molecular formula is C17H29ClN2O2. The molecule has 0 aromatic heterocycles. The summed E-state index contributed by atoms with van der Waals surface area (Å²) in [5.74, 6) is 0.935. The summed E-state index contributed by atoms with van der Waals surface area (Å²) in [5.41, 5.74) is 0.963. The van der Waals surface area contributed by atoms with E-state index in [1.165, 1.54) is 5.56 Å². The van der Waals surface area contributed by atoms with Gasteiger partial charge in [-0.3, -0.25) is 4.90 Å². The third-order valence-corrected chi connectivity index (χ3v) is 4.18. The molecule has 1 heterocycles. The van der Waals surface area contributed by atoms with Gasteiger partial charge in [0.15, 0.2) is 0 Å². The monoisotopic (exact) mass is 328 g/mol. The summed E-state index contributed by atoms with van der Waals surface area (Å²) < 4.78 is 5.82. The number of para-hydroxylation sites is 1. The third-order valence-electron chi connectivity index (χ3n) is 4.18. The van der Waals surface area contributed by atoms with Crippen LogP contribution in [0.2, 0.25) is 0 Å². The highest BCUT2D eigenvalue weighted by atomic mass is 35.5. The van der Waals surface area contributed by atoms with Crippen LogP contribution in [0.1, 0.15) is 32.4 Å². The number of nitrogens with one attached hydrogen (secondary N) is 1. The number of aliphatic hydroxyl groups is 1. The van der Waals surface area contributed by atoms with E-state index in [2.05, 4.69) is 36.2 Å². The van der Waals surface area contributed by atoms with Crippen molar-refractivity contribution >= 4 is 12.4 Å². The number of aliphatic hydroxyl groups excluding tert-OH is 1. The average Bonchev–Trinajstić information content (AvgIpc) is 2.50. The highest BCUT2D eigenvalue weighted by Crippen LogP contribution is 2.41. The molecule has 0 bridgehead atoms. The molecule has 1 aliphatic heterocycles. The first-order valence-electron chi connectivity index (χ1n) is 7.87. The minimum atomic E-state index is -0.218. The van der Waals surface area contributed by atoms with Crippen molar-refractivity contribution in [3.05, 3.63) is 29.8 Å². The zero-order valence-electron chi connectivity index (χ0n) is 13.8. The fourth-order valence-electron chi connectivity index (χ4n) is 3.13. The van der Waals surface area contributed by atoms with Crippen LogP contribution in [0.25, 0.3) is 0 Å². The predicted octanol–water partition coefficient (Wildman–Crippen LogP) is 2.47. The molecule has 5 heteroatoms. The zero-order chi connectivity index (χ0) is 15.3. The molecule has 1 aliphatic rings. The summed E-state index contributed by atoms with van der Waals surface area (Å²) >= 11 is 0. The van der Waals surface area contributed by atoms with E-state index in [4.69, 9.17) is 4.74 Å². The Kier molecular flexibility index (Phi) is 7.63. The summed E-state index contributed by atoms with van der Waals surface area (Å²) in [6.07, 6.45) is 0. The van der Waals surface area contributed by atoms with Crippen molar-refractivity contribution in [3.8, 4) is 5.75 Å². The van der Waals surface area contributed by atoms with Crippen LogP contribution in [-0.4, -0.2) is 49.4 Å². The number of nitrogens with zero attached hydrogens (tertiary/aromatic N) is 1. The van der Waals surface area contributed by atoms with Crippen LogP contribution in [0.5, 0.6) is 5.75 Å². The molecule has 0 radical (unpaired) electrons. The quantitative estimate of drug-likeness (QED) is 0.842. The molecule has 1 atom stereocenters. The lowest BCUT2D eigenvalue weighted by Gasteiger charge is -2.43. The van der Waals surface area contributed by atoms with E-state index in [0.717, 1.165) is 31.9 Å². The second-order valence-electron chi connectivity index (χ2n) is 6.31. The number of hydrogen-bond donors (Lipinski definition) is 2. The highest BCUT2D eigenvalue weighted by Gasteiger charge is 2.37. The van der Waals surface area contributed by atoms with Crippen molar-refractivity contribution in [1.29, 1.82) is 0 Å². The molecule has 1 saturated heterocycles. The maximum atomic E-state index is 9.89. The smallest absolute Gasteiger partial charge is 0.124 e. The predicted molar refractivity (Wildman–Crippen MR) is 92.9 cm³/mol. The maximum Gasteiger partial charge on any atom is 0.124 e. The van der Waals surface area contributed by atoms with Crippen LogP contribution in [0.4, 0.5) is 0 Å². The number of benzene rings is 1. The van der Waals surface area contributed by atoms with Crippen molar-refractivity contribution < 1.29 is 9.84 Å². The van der Waals surface area contributed by atoms with E-state index >= 15 is 0 Å². The molecule has 0 aliphatic carbocycles. The molecule has 126 valence electrons. The number of rotatable bonds is 6. The minimum absolute atomic E-state index is 0. The van der Waals surface area contributed by atoms with E-state index in [-0.39, 0.29) is 30.5 Å². The van der Waals surface area contributed by atoms with Crippen LogP contribution >= 0.6 is 12.4 Å². The fourth-order valence-corrected chi connectivity index (χ4v) is 3.13. The van der Waals surface area contributed by atoms with Gasteiger partial charge in [0.2, 0.25) is 0 Å². The van der Waals surface area contributed by atoms with Gasteiger partial charge in [-0.2, -0.15) is 0 Å². The van der Waals surface area contributed by atoms with Crippen LogP contribution in [0.15, 0.2) is 24.3 Å². The zero-order valence-corrected chi connectivity index (χ0v) is 14.7. The first kappa shape index (κ1) is 19.2. The molecule has 1 fully saturated rings. The molecular weight excluding hydrogens is 300 g/mol. The summed E-state index contributed by atoms with van der Waals surface area (Å²) in [7, 11) is 0. The molecule has 4 nitrogen and oxygen atoms in total. The van der Waals surface area contributed by atoms with Crippen molar-refractivity contribution in [3.63, 3.8) is 0 Å². The molecule has 2 N–H and O–H groups in total.